The standard InChI is InChI=1S/C19H22N2O3/c1-13(12-22)11-20-18(23)16-9-8-14(2)17(10-16)21-19(24)15-6-4-3-5-7-15/h3-10,13,22H,11-12H2,1-2H3,(H,20,23)(H,21,24). The summed E-state index contributed by atoms with van der Waals surface area (Å²) in [6.07, 6.45) is 0. The molecule has 1 unspecified atom stereocenters. The third kappa shape index (κ3) is 4.67. The Morgan fingerprint density at radius 1 is 1.04 bits per heavy atom. The van der Waals surface area contributed by atoms with Gasteiger partial charge in [-0.1, -0.05) is 31.2 Å². The van der Waals surface area contributed by atoms with Gasteiger partial charge in [-0.05, 0) is 42.7 Å². The topological polar surface area (TPSA) is 78.4 Å². The molecule has 0 fully saturated rings. The van der Waals surface area contributed by atoms with Crippen molar-refractivity contribution in [2.24, 2.45) is 5.92 Å². The van der Waals surface area contributed by atoms with E-state index >= 15 is 0 Å². The van der Waals surface area contributed by atoms with Gasteiger partial charge in [0.15, 0.2) is 0 Å². The van der Waals surface area contributed by atoms with Gasteiger partial charge in [-0.15, -0.1) is 0 Å². The molecule has 0 spiro atoms. The molecule has 2 rings (SSSR count). The number of nitrogens with one attached hydrogen (secondary N) is 2. The lowest BCUT2D eigenvalue weighted by atomic mass is 10.1. The van der Waals surface area contributed by atoms with Crippen molar-refractivity contribution in [2.75, 3.05) is 18.5 Å². The van der Waals surface area contributed by atoms with E-state index in [2.05, 4.69) is 10.6 Å². The van der Waals surface area contributed by atoms with E-state index in [0.29, 0.717) is 23.4 Å². The second-order valence-electron chi connectivity index (χ2n) is 5.85. The molecule has 0 aromatic heterocycles. The maximum absolute atomic E-state index is 12.3. The predicted octanol–water partition coefficient (Wildman–Crippen LogP) is 2.61. The molecule has 126 valence electrons. The zero-order chi connectivity index (χ0) is 17.5. The Hall–Kier alpha value is -2.66. The second-order valence-corrected chi connectivity index (χ2v) is 5.85. The van der Waals surface area contributed by atoms with Crippen LogP contribution in [0.4, 0.5) is 5.69 Å². The molecule has 0 aliphatic carbocycles. The zero-order valence-corrected chi connectivity index (χ0v) is 13.9. The maximum Gasteiger partial charge on any atom is 0.255 e. The number of amides is 2. The molecule has 3 N–H and O–H groups in total. The van der Waals surface area contributed by atoms with Crippen LogP contribution in [0, 0.1) is 12.8 Å². The van der Waals surface area contributed by atoms with Crippen LogP contribution in [0.5, 0.6) is 0 Å². The first-order chi connectivity index (χ1) is 11.5. The summed E-state index contributed by atoms with van der Waals surface area (Å²) in [6.45, 7) is 4.14. The number of carbonyl (C=O) groups excluding carboxylic acids is 2. The summed E-state index contributed by atoms with van der Waals surface area (Å²) in [6, 6.07) is 14.1. The van der Waals surface area contributed by atoms with Gasteiger partial charge in [0.2, 0.25) is 0 Å². The average molecular weight is 326 g/mol. The number of hydrogen-bond acceptors (Lipinski definition) is 3. The number of hydrogen-bond donors (Lipinski definition) is 3. The van der Waals surface area contributed by atoms with Gasteiger partial charge < -0.3 is 15.7 Å². The van der Waals surface area contributed by atoms with Crippen molar-refractivity contribution in [1.82, 2.24) is 5.32 Å². The monoisotopic (exact) mass is 326 g/mol. The zero-order valence-electron chi connectivity index (χ0n) is 13.9. The maximum atomic E-state index is 12.3. The average Bonchev–Trinajstić information content (AvgIpc) is 2.61. The fourth-order valence-corrected chi connectivity index (χ4v) is 2.12. The van der Waals surface area contributed by atoms with Crippen LogP contribution in [0.25, 0.3) is 0 Å². The number of anilines is 1. The summed E-state index contributed by atoms with van der Waals surface area (Å²) in [4.78, 5) is 24.4. The first kappa shape index (κ1) is 17.7. The van der Waals surface area contributed by atoms with Crippen LogP contribution < -0.4 is 10.6 Å². The van der Waals surface area contributed by atoms with Gasteiger partial charge in [-0.2, -0.15) is 0 Å². The van der Waals surface area contributed by atoms with Gasteiger partial charge in [0.1, 0.15) is 0 Å². The molecular formula is C19H22N2O3. The lowest BCUT2D eigenvalue weighted by molar-refractivity contribution is 0.0941. The molecule has 0 bridgehead atoms. The van der Waals surface area contributed by atoms with E-state index in [1.807, 2.05) is 19.9 Å². The van der Waals surface area contributed by atoms with Crippen LogP contribution in [0.15, 0.2) is 48.5 Å². The summed E-state index contributed by atoms with van der Waals surface area (Å²) in [7, 11) is 0. The molecule has 24 heavy (non-hydrogen) atoms. The fourth-order valence-electron chi connectivity index (χ4n) is 2.12. The van der Waals surface area contributed by atoms with Gasteiger partial charge >= 0.3 is 0 Å². The summed E-state index contributed by atoms with van der Waals surface area (Å²) in [5, 5.41) is 14.6. The molecular weight excluding hydrogens is 304 g/mol. The summed E-state index contributed by atoms with van der Waals surface area (Å²) < 4.78 is 0. The summed E-state index contributed by atoms with van der Waals surface area (Å²) in [5.74, 6) is -0.452. The Bertz CT molecular complexity index is 714. The largest absolute Gasteiger partial charge is 0.396 e. The highest BCUT2D eigenvalue weighted by atomic mass is 16.3. The number of aliphatic hydroxyl groups is 1. The van der Waals surface area contributed by atoms with Crippen molar-refractivity contribution in [2.45, 2.75) is 13.8 Å². The van der Waals surface area contributed by atoms with Crippen LogP contribution >= 0.6 is 0 Å². The molecule has 5 heteroatoms. The minimum absolute atomic E-state index is 0.00310. The minimum Gasteiger partial charge on any atom is -0.396 e. The Morgan fingerprint density at radius 2 is 1.75 bits per heavy atom. The molecule has 2 aromatic rings. The molecule has 1 atom stereocenters. The molecule has 0 radical (unpaired) electrons. The van der Waals surface area contributed by atoms with Crippen LogP contribution in [-0.4, -0.2) is 30.1 Å². The van der Waals surface area contributed by atoms with Crippen LogP contribution in [0.3, 0.4) is 0 Å². The van der Waals surface area contributed by atoms with Gasteiger partial charge in [-0.3, -0.25) is 9.59 Å². The molecule has 5 nitrogen and oxygen atoms in total. The Balaban J connectivity index is 2.11. The van der Waals surface area contributed by atoms with Crippen molar-refractivity contribution >= 4 is 17.5 Å². The highest BCUT2D eigenvalue weighted by Crippen LogP contribution is 2.18. The molecule has 0 saturated carbocycles. The Kier molecular flexibility index (Phi) is 6.09. The molecule has 2 amide bonds. The van der Waals surface area contributed by atoms with Gasteiger partial charge in [0.05, 0.1) is 0 Å². The van der Waals surface area contributed by atoms with E-state index in [0.717, 1.165) is 5.56 Å². The highest BCUT2D eigenvalue weighted by molar-refractivity contribution is 6.05. The van der Waals surface area contributed by atoms with Crippen molar-refractivity contribution in [3.05, 3.63) is 65.2 Å². The highest BCUT2D eigenvalue weighted by Gasteiger charge is 2.12. The quantitative estimate of drug-likeness (QED) is 0.763. The second kappa shape index (κ2) is 8.26. The van der Waals surface area contributed by atoms with E-state index in [9.17, 15) is 9.59 Å². The molecule has 0 aliphatic rings. The number of aliphatic hydroxyl groups excluding tert-OH is 1. The molecule has 0 heterocycles. The van der Waals surface area contributed by atoms with Gasteiger partial charge in [-0.25, -0.2) is 0 Å². The van der Waals surface area contributed by atoms with E-state index in [1.54, 1.807) is 42.5 Å². The fraction of sp³-hybridized carbons (Fsp3) is 0.263. The van der Waals surface area contributed by atoms with E-state index < -0.39 is 0 Å². The summed E-state index contributed by atoms with van der Waals surface area (Å²) >= 11 is 0. The number of carbonyl (C=O) groups is 2. The van der Waals surface area contributed by atoms with E-state index in [1.165, 1.54) is 0 Å². The number of aryl methyl sites for hydroxylation is 1. The SMILES string of the molecule is Cc1ccc(C(=O)NCC(C)CO)cc1NC(=O)c1ccccc1. The van der Waals surface area contributed by atoms with E-state index in [4.69, 9.17) is 5.11 Å². The lowest BCUT2D eigenvalue weighted by Gasteiger charge is -2.12. The van der Waals surface area contributed by atoms with Crippen molar-refractivity contribution in [1.29, 1.82) is 0 Å². The van der Waals surface area contributed by atoms with Crippen LogP contribution in [0.1, 0.15) is 33.2 Å². The van der Waals surface area contributed by atoms with Crippen LogP contribution in [-0.2, 0) is 0 Å². The molecule has 0 saturated heterocycles. The first-order valence-electron chi connectivity index (χ1n) is 7.87. The van der Waals surface area contributed by atoms with Gasteiger partial charge in [0, 0.05) is 30.0 Å². The number of benzene rings is 2. The van der Waals surface area contributed by atoms with Crippen LogP contribution in [0.2, 0.25) is 0 Å². The Morgan fingerprint density at radius 3 is 2.42 bits per heavy atom. The smallest absolute Gasteiger partial charge is 0.255 e. The summed E-state index contributed by atoms with van der Waals surface area (Å²) in [5.41, 5.74) is 2.50. The lowest BCUT2D eigenvalue weighted by Crippen LogP contribution is -2.29. The predicted molar refractivity (Wildman–Crippen MR) is 94.2 cm³/mol. The first-order valence-corrected chi connectivity index (χ1v) is 7.87. The van der Waals surface area contributed by atoms with E-state index in [-0.39, 0.29) is 24.3 Å². The van der Waals surface area contributed by atoms with Crippen molar-refractivity contribution < 1.29 is 14.7 Å². The van der Waals surface area contributed by atoms with Gasteiger partial charge in [0.25, 0.3) is 11.8 Å². The minimum atomic E-state index is -0.231. The third-order valence-corrected chi connectivity index (χ3v) is 3.71. The van der Waals surface area contributed by atoms with Crippen molar-refractivity contribution in [3.8, 4) is 0 Å². The normalized spacial score (nSPS) is 11.6. The molecule has 0 aliphatic heterocycles. The third-order valence-electron chi connectivity index (χ3n) is 3.71. The Labute approximate surface area is 141 Å². The number of rotatable bonds is 6. The molecule has 2 aromatic carbocycles. The van der Waals surface area contributed by atoms with Crippen molar-refractivity contribution in [3.63, 3.8) is 0 Å².